The molecule has 1 aromatic heterocycles. The van der Waals surface area contributed by atoms with Crippen LogP contribution in [-0.4, -0.2) is 47.9 Å². The Kier molecular flexibility index (Phi) is 7.13. The second kappa shape index (κ2) is 10.1. The van der Waals surface area contributed by atoms with Crippen LogP contribution in [0.2, 0.25) is 0 Å². The summed E-state index contributed by atoms with van der Waals surface area (Å²) in [6, 6.07) is 12.1. The van der Waals surface area contributed by atoms with Crippen molar-refractivity contribution in [3.05, 3.63) is 76.4 Å². The summed E-state index contributed by atoms with van der Waals surface area (Å²) in [7, 11) is 1.87. The molecule has 0 radical (unpaired) electrons. The summed E-state index contributed by atoms with van der Waals surface area (Å²) in [5, 5.41) is 6.26. The number of benzene rings is 2. The van der Waals surface area contributed by atoms with E-state index in [4.69, 9.17) is 0 Å². The normalized spacial score (nSPS) is 16.4. The fraction of sp³-hybridized carbons (Fsp3) is 0.310. The zero-order valence-corrected chi connectivity index (χ0v) is 20.2. The van der Waals surface area contributed by atoms with Crippen LogP contribution in [0.25, 0.3) is 22.8 Å². The highest BCUT2D eigenvalue weighted by molar-refractivity contribution is 6.36. The molecule has 0 unspecified atom stereocenters. The molecular weight excluding hydrogens is 455 g/mol. The third-order valence-electron chi connectivity index (χ3n) is 7.12. The number of nitrogens with zero attached hydrogens (tertiary/aromatic N) is 1. The Labute approximate surface area is 211 Å². The van der Waals surface area contributed by atoms with Crippen LogP contribution < -0.4 is 10.6 Å². The summed E-state index contributed by atoms with van der Waals surface area (Å²) >= 11 is 0. The number of aromatic nitrogens is 1. The zero-order chi connectivity index (χ0) is 24.7. The summed E-state index contributed by atoms with van der Waals surface area (Å²) in [4.78, 5) is 31.6. The second-order valence-corrected chi connectivity index (χ2v) is 9.31. The Morgan fingerprint density at radius 3 is 2.56 bits per heavy atom. The van der Waals surface area contributed by atoms with Crippen molar-refractivity contribution in [2.75, 3.05) is 25.5 Å². The quantitative estimate of drug-likeness (QED) is 0.431. The highest BCUT2D eigenvalue weighted by Gasteiger charge is 2.30. The van der Waals surface area contributed by atoms with Crippen LogP contribution in [0.1, 0.15) is 53.1 Å². The van der Waals surface area contributed by atoms with E-state index in [1.165, 1.54) is 12.1 Å². The molecule has 3 aromatic rings. The van der Waals surface area contributed by atoms with Crippen LogP contribution in [0.3, 0.4) is 0 Å². The number of carbonyl (C=O) groups excluding carboxylic acids is 2. The Morgan fingerprint density at radius 2 is 1.83 bits per heavy atom. The number of anilines is 1. The molecule has 3 N–H and O–H groups in total. The molecule has 3 heterocycles. The summed E-state index contributed by atoms with van der Waals surface area (Å²) in [5.41, 5.74) is 6.32. The third kappa shape index (κ3) is 4.46. The summed E-state index contributed by atoms with van der Waals surface area (Å²) in [6.45, 7) is 5.62. The van der Waals surface area contributed by atoms with E-state index in [0.717, 1.165) is 54.0 Å². The third-order valence-corrected chi connectivity index (χ3v) is 7.12. The lowest BCUT2D eigenvalue weighted by molar-refractivity contribution is -0.110. The van der Waals surface area contributed by atoms with E-state index in [9.17, 15) is 14.0 Å². The molecule has 1 fully saturated rings. The van der Waals surface area contributed by atoms with Crippen molar-refractivity contribution in [3.8, 4) is 11.1 Å². The van der Waals surface area contributed by atoms with E-state index in [2.05, 4.69) is 15.6 Å². The monoisotopic (exact) mass is 488 g/mol. The fourth-order valence-corrected chi connectivity index (χ4v) is 5.20. The molecule has 0 spiro atoms. The number of carbonyl (C=O) groups is 2. The Hall–Kier alpha value is -3.71. The van der Waals surface area contributed by atoms with Crippen LogP contribution in [-0.2, 0) is 4.79 Å². The minimum absolute atomic E-state index is 0. The fourth-order valence-electron chi connectivity index (χ4n) is 5.20. The van der Waals surface area contributed by atoms with Crippen molar-refractivity contribution >= 4 is 29.2 Å². The largest absolute Gasteiger partial charge is 0.358 e. The molecule has 0 aliphatic carbocycles. The molecule has 2 aliphatic rings. The number of rotatable bonds is 4. The Balaban J connectivity index is 0.00000304. The van der Waals surface area contributed by atoms with Crippen LogP contribution in [0.4, 0.5) is 10.1 Å². The molecule has 2 aliphatic heterocycles. The Morgan fingerprint density at radius 1 is 1.11 bits per heavy atom. The molecule has 2 amide bonds. The maximum absolute atomic E-state index is 14.0. The van der Waals surface area contributed by atoms with E-state index < -0.39 is 0 Å². The summed E-state index contributed by atoms with van der Waals surface area (Å²) in [5.74, 6) is -0.570. The van der Waals surface area contributed by atoms with Gasteiger partial charge in [0, 0.05) is 35.7 Å². The maximum atomic E-state index is 14.0. The van der Waals surface area contributed by atoms with Crippen LogP contribution in [0.15, 0.2) is 42.5 Å². The van der Waals surface area contributed by atoms with Crippen molar-refractivity contribution in [1.29, 1.82) is 0 Å². The van der Waals surface area contributed by atoms with Gasteiger partial charge in [0.25, 0.3) is 11.8 Å². The lowest BCUT2D eigenvalue weighted by Gasteiger charge is -2.31. The van der Waals surface area contributed by atoms with Gasteiger partial charge in [0.2, 0.25) is 0 Å². The van der Waals surface area contributed by atoms with Gasteiger partial charge in [-0.15, -0.1) is 0 Å². The molecule has 5 rings (SSSR count). The SMILES string of the molecule is C.Cc1[nH]c(/C=C2\C(=O)Nc3cccc(-c4cccc(F)c4)c32)c(C)c1C(=O)N(C)C1CCNCC1. The number of aryl methyl sites for hydroxylation is 1. The van der Waals surface area contributed by atoms with E-state index >= 15 is 0 Å². The molecule has 0 bridgehead atoms. The van der Waals surface area contributed by atoms with Crippen LogP contribution >= 0.6 is 0 Å². The van der Waals surface area contributed by atoms with Crippen molar-refractivity contribution in [2.24, 2.45) is 0 Å². The first-order valence-electron chi connectivity index (χ1n) is 11.9. The van der Waals surface area contributed by atoms with Crippen molar-refractivity contribution < 1.29 is 14.0 Å². The van der Waals surface area contributed by atoms with Gasteiger partial charge in [-0.1, -0.05) is 31.7 Å². The first-order chi connectivity index (χ1) is 16.8. The topological polar surface area (TPSA) is 77.2 Å². The van der Waals surface area contributed by atoms with E-state index in [1.54, 1.807) is 12.1 Å². The minimum atomic E-state index is -0.334. The van der Waals surface area contributed by atoms with Crippen molar-refractivity contribution in [1.82, 2.24) is 15.2 Å². The van der Waals surface area contributed by atoms with Crippen molar-refractivity contribution in [2.45, 2.75) is 40.2 Å². The maximum Gasteiger partial charge on any atom is 0.256 e. The van der Waals surface area contributed by atoms with Crippen LogP contribution in [0.5, 0.6) is 0 Å². The average Bonchev–Trinajstić information content (AvgIpc) is 3.33. The molecule has 7 heteroatoms. The highest BCUT2D eigenvalue weighted by Crippen LogP contribution is 2.41. The smallest absolute Gasteiger partial charge is 0.256 e. The Bertz CT molecular complexity index is 1350. The summed E-state index contributed by atoms with van der Waals surface area (Å²) < 4.78 is 14.0. The number of piperidine rings is 1. The average molecular weight is 489 g/mol. The van der Waals surface area contributed by atoms with E-state index in [-0.39, 0.29) is 31.1 Å². The van der Waals surface area contributed by atoms with E-state index in [1.807, 2.05) is 50.1 Å². The van der Waals surface area contributed by atoms with Gasteiger partial charge in [0.15, 0.2) is 0 Å². The number of H-pyrrole nitrogens is 1. The molecule has 6 nitrogen and oxygen atoms in total. The van der Waals surface area contributed by atoms with Gasteiger partial charge in [0.1, 0.15) is 5.82 Å². The molecule has 0 saturated carbocycles. The predicted octanol–water partition coefficient (Wildman–Crippen LogP) is 5.39. The number of nitrogens with one attached hydrogen (secondary N) is 3. The standard InChI is InChI=1S/C28H29FN4O2.CH4/c1-16-24(31-17(2)25(16)28(35)33(3)20-10-12-30-13-11-20)15-22-26-21(18-6-4-7-19(29)14-18)8-5-9-23(26)32-27(22)34;/h4-9,14-15,20,30-31H,10-13H2,1-3H3,(H,32,34);1H4/b22-15-;. The summed E-state index contributed by atoms with van der Waals surface area (Å²) in [6.07, 6.45) is 3.66. The van der Waals surface area contributed by atoms with Gasteiger partial charge in [-0.3, -0.25) is 9.59 Å². The minimum Gasteiger partial charge on any atom is -0.358 e. The lowest BCUT2D eigenvalue weighted by Crippen LogP contribution is -2.44. The second-order valence-electron chi connectivity index (χ2n) is 9.31. The number of amides is 2. The molecule has 2 aromatic carbocycles. The van der Waals surface area contributed by atoms with Gasteiger partial charge in [-0.05, 0) is 80.7 Å². The molecule has 36 heavy (non-hydrogen) atoms. The van der Waals surface area contributed by atoms with E-state index in [0.29, 0.717) is 22.4 Å². The number of hydrogen-bond donors (Lipinski definition) is 3. The molecule has 0 atom stereocenters. The first-order valence-corrected chi connectivity index (χ1v) is 11.9. The van der Waals surface area contributed by atoms with Gasteiger partial charge >= 0.3 is 0 Å². The van der Waals surface area contributed by atoms with Gasteiger partial charge in [-0.25, -0.2) is 4.39 Å². The number of halogens is 1. The number of fused-ring (bicyclic) bond motifs is 1. The van der Waals surface area contributed by atoms with Gasteiger partial charge in [-0.2, -0.15) is 0 Å². The zero-order valence-electron chi connectivity index (χ0n) is 20.2. The number of aromatic amines is 1. The molecular formula is C29H33FN4O2. The lowest BCUT2D eigenvalue weighted by atomic mass is 9.94. The predicted molar refractivity (Wildman–Crippen MR) is 143 cm³/mol. The van der Waals surface area contributed by atoms with Crippen LogP contribution in [0, 0.1) is 19.7 Å². The highest BCUT2D eigenvalue weighted by atomic mass is 19.1. The van der Waals surface area contributed by atoms with Gasteiger partial charge in [0.05, 0.1) is 11.1 Å². The molecule has 1 saturated heterocycles. The van der Waals surface area contributed by atoms with Gasteiger partial charge < -0.3 is 20.5 Å². The molecule has 188 valence electrons. The first kappa shape index (κ1) is 25.4. The van der Waals surface area contributed by atoms with Crippen molar-refractivity contribution in [3.63, 3.8) is 0 Å². The number of hydrogen-bond acceptors (Lipinski definition) is 3.